The molecule has 0 saturated heterocycles. The average molecular weight is 276 g/mol. The topological polar surface area (TPSA) is 46.2 Å². The second-order valence-corrected chi connectivity index (χ2v) is 4.71. The Kier molecular flexibility index (Phi) is 5.29. The van der Waals surface area contributed by atoms with Crippen molar-refractivity contribution in [1.82, 2.24) is 5.32 Å². The number of amides is 1. The lowest BCUT2D eigenvalue weighted by Gasteiger charge is -2.23. The lowest BCUT2D eigenvalue weighted by Crippen LogP contribution is -2.42. The van der Waals surface area contributed by atoms with Crippen LogP contribution in [0.1, 0.15) is 39.0 Å². The van der Waals surface area contributed by atoms with Gasteiger partial charge in [0.25, 0.3) is 0 Å². The average Bonchev–Trinajstić information content (AvgIpc) is 2.41. The molecule has 1 rings (SSSR count). The molecule has 1 aliphatic carbocycles. The Morgan fingerprint density at radius 1 is 1.27 bits per heavy atom. The van der Waals surface area contributed by atoms with E-state index in [2.05, 4.69) is 21.2 Å². The number of hydrogen-bond donors (Lipinski definition) is 1. The van der Waals surface area contributed by atoms with Gasteiger partial charge in [-0.3, -0.25) is 9.59 Å². The number of carbonyl (C=O) groups excluding carboxylic acids is 2. The van der Waals surface area contributed by atoms with Crippen LogP contribution in [0.25, 0.3) is 0 Å². The maximum Gasteiger partial charge on any atom is 0.217 e. The standard InChI is InChI=1S/C11H18BrNO2/c1-8(14)13-10-6-4-2-3-5-9(10)11(15)7-12/h9-10H,2-7H2,1H3,(H,13,14). The summed E-state index contributed by atoms with van der Waals surface area (Å²) in [5, 5.41) is 3.30. The van der Waals surface area contributed by atoms with Crippen molar-refractivity contribution in [3.63, 3.8) is 0 Å². The number of Topliss-reactive ketones (excluding diaryl/α,β-unsaturated/α-hetero) is 1. The van der Waals surface area contributed by atoms with Crippen LogP contribution in [0.5, 0.6) is 0 Å². The molecule has 0 aliphatic heterocycles. The summed E-state index contributed by atoms with van der Waals surface area (Å²) in [7, 11) is 0. The molecule has 0 spiro atoms. The van der Waals surface area contributed by atoms with Gasteiger partial charge in [0.2, 0.25) is 5.91 Å². The summed E-state index contributed by atoms with van der Waals surface area (Å²) in [5.74, 6) is 0.195. The zero-order valence-electron chi connectivity index (χ0n) is 9.09. The molecule has 0 aromatic carbocycles. The molecule has 0 bridgehead atoms. The zero-order chi connectivity index (χ0) is 11.3. The molecule has 0 aromatic heterocycles. The van der Waals surface area contributed by atoms with E-state index < -0.39 is 0 Å². The van der Waals surface area contributed by atoms with Crippen LogP contribution in [-0.4, -0.2) is 23.1 Å². The highest BCUT2D eigenvalue weighted by atomic mass is 79.9. The Balaban J connectivity index is 2.66. The largest absolute Gasteiger partial charge is 0.353 e. The van der Waals surface area contributed by atoms with Gasteiger partial charge in [0.15, 0.2) is 0 Å². The lowest BCUT2D eigenvalue weighted by atomic mass is 9.91. The van der Waals surface area contributed by atoms with E-state index in [1.165, 1.54) is 13.3 Å². The SMILES string of the molecule is CC(=O)NC1CCCCCC1C(=O)CBr. The zero-order valence-corrected chi connectivity index (χ0v) is 10.7. The van der Waals surface area contributed by atoms with E-state index >= 15 is 0 Å². The van der Waals surface area contributed by atoms with Crippen molar-refractivity contribution in [2.24, 2.45) is 5.92 Å². The Hall–Kier alpha value is -0.380. The second kappa shape index (κ2) is 6.26. The number of alkyl halides is 1. The number of halogens is 1. The van der Waals surface area contributed by atoms with E-state index in [-0.39, 0.29) is 23.7 Å². The summed E-state index contributed by atoms with van der Waals surface area (Å²) in [5.41, 5.74) is 0. The van der Waals surface area contributed by atoms with Crippen molar-refractivity contribution in [3.8, 4) is 0 Å². The number of hydrogen-bond acceptors (Lipinski definition) is 2. The highest BCUT2D eigenvalue weighted by Gasteiger charge is 2.29. The third kappa shape index (κ3) is 3.93. The van der Waals surface area contributed by atoms with Gasteiger partial charge in [0.05, 0.1) is 5.33 Å². The fraction of sp³-hybridized carbons (Fsp3) is 0.818. The Morgan fingerprint density at radius 3 is 2.53 bits per heavy atom. The van der Waals surface area contributed by atoms with Crippen LogP contribution in [0.15, 0.2) is 0 Å². The maximum atomic E-state index is 11.7. The molecule has 1 aliphatic rings. The fourth-order valence-corrected chi connectivity index (χ4v) is 2.64. The van der Waals surface area contributed by atoms with Gasteiger partial charge in [-0.1, -0.05) is 35.2 Å². The molecule has 1 amide bonds. The van der Waals surface area contributed by atoms with Gasteiger partial charge < -0.3 is 5.32 Å². The van der Waals surface area contributed by atoms with Crippen molar-refractivity contribution in [2.45, 2.75) is 45.1 Å². The minimum atomic E-state index is -0.0331. The summed E-state index contributed by atoms with van der Waals surface area (Å²) < 4.78 is 0. The molecule has 86 valence electrons. The Bertz CT molecular complexity index is 243. The third-order valence-corrected chi connectivity index (χ3v) is 3.50. The smallest absolute Gasteiger partial charge is 0.217 e. The summed E-state index contributed by atoms with van der Waals surface area (Å²) in [6, 6.07) is 0.0510. The van der Waals surface area contributed by atoms with Gasteiger partial charge in [-0.15, -0.1) is 0 Å². The van der Waals surface area contributed by atoms with Crippen molar-refractivity contribution in [3.05, 3.63) is 0 Å². The van der Waals surface area contributed by atoms with E-state index in [9.17, 15) is 9.59 Å². The first-order chi connectivity index (χ1) is 7.15. The minimum absolute atomic E-state index is 0.00998. The van der Waals surface area contributed by atoms with Gasteiger partial charge in [-0.05, 0) is 12.8 Å². The normalized spacial score (nSPS) is 26.8. The molecule has 0 heterocycles. The van der Waals surface area contributed by atoms with Crippen molar-refractivity contribution in [2.75, 3.05) is 5.33 Å². The molecule has 0 radical (unpaired) electrons. The van der Waals surface area contributed by atoms with Gasteiger partial charge in [-0.2, -0.15) is 0 Å². The predicted octanol–water partition coefficient (Wildman–Crippen LogP) is 2.04. The van der Waals surface area contributed by atoms with Crippen LogP contribution in [-0.2, 0) is 9.59 Å². The lowest BCUT2D eigenvalue weighted by molar-refractivity contribution is -0.123. The monoisotopic (exact) mass is 275 g/mol. The van der Waals surface area contributed by atoms with E-state index in [1.807, 2.05) is 0 Å². The summed E-state index contributed by atoms with van der Waals surface area (Å²) in [4.78, 5) is 22.8. The number of rotatable bonds is 3. The molecular formula is C11H18BrNO2. The molecule has 1 N–H and O–H groups in total. The van der Waals surface area contributed by atoms with Crippen molar-refractivity contribution in [1.29, 1.82) is 0 Å². The van der Waals surface area contributed by atoms with E-state index in [4.69, 9.17) is 0 Å². The molecule has 1 saturated carbocycles. The summed E-state index contributed by atoms with van der Waals surface area (Å²) >= 11 is 3.21. The second-order valence-electron chi connectivity index (χ2n) is 4.15. The van der Waals surface area contributed by atoms with Gasteiger partial charge in [0, 0.05) is 18.9 Å². The highest BCUT2D eigenvalue weighted by Crippen LogP contribution is 2.24. The minimum Gasteiger partial charge on any atom is -0.353 e. The van der Waals surface area contributed by atoms with E-state index in [0.717, 1.165) is 25.7 Å². The predicted molar refractivity (Wildman–Crippen MR) is 63.0 cm³/mol. The molecule has 4 heteroatoms. The van der Waals surface area contributed by atoms with Gasteiger partial charge >= 0.3 is 0 Å². The number of carbonyl (C=O) groups is 2. The van der Waals surface area contributed by atoms with Crippen LogP contribution < -0.4 is 5.32 Å². The summed E-state index contributed by atoms with van der Waals surface area (Å²) in [6.45, 7) is 1.51. The number of nitrogens with one attached hydrogen (secondary N) is 1. The maximum absolute atomic E-state index is 11.7. The molecule has 15 heavy (non-hydrogen) atoms. The first-order valence-corrected chi connectivity index (χ1v) is 6.63. The van der Waals surface area contributed by atoms with Crippen LogP contribution >= 0.6 is 15.9 Å². The first kappa shape index (κ1) is 12.7. The van der Waals surface area contributed by atoms with Crippen LogP contribution in [0.3, 0.4) is 0 Å². The van der Waals surface area contributed by atoms with Crippen LogP contribution in [0.2, 0.25) is 0 Å². The fourth-order valence-electron chi connectivity index (χ4n) is 2.23. The molecule has 0 aromatic rings. The number of ketones is 1. The first-order valence-electron chi connectivity index (χ1n) is 5.51. The van der Waals surface area contributed by atoms with Gasteiger partial charge in [-0.25, -0.2) is 0 Å². The van der Waals surface area contributed by atoms with Gasteiger partial charge in [0.1, 0.15) is 5.78 Å². The Morgan fingerprint density at radius 2 is 1.93 bits per heavy atom. The third-order valence-electron chi connectivity index (χ3n) is 2.95. The molecule has 1 fully saturated rings. The van der Waals surface area contributed by atoms with E-state index in [1.54, 1.807) is 0 Å². The molecule has 2 atom stereocenters. The Labute approximate surface area is 99.1 Å². The molecular weight excluding hydrogens is 258 g/mol. The van der Waals surface area contributed by atoms with Crippen molar-refractivity contribution < 1.29 is 9.59 Å². The van der Waals surface area contributed by atoms with Crippen LogP contribution in [0.4, 0.5) is 0 Å². The highest BCUT2D eigenvalue weighted by molar-refractivity contribution is 9.09. The van der Waals surface area contributed by atoms with E-state index in [0.29, 0.717) is 5.33 Å². The van der Waals surface area contributed by atoms with Crippen molar-refractivity contribution >= 4 is 27.6 Å². The molecule has 2 unspecified atom stereocenters. The molecule has 3 nitrogen and oxygen atoms in total. The summed E-state index contributed by atoms with van der Waals surface area (Å²) in [6.07, 6.45) is 5.22. The quantitative estimate of drug-likeness (QED) is 0.633. The van der Waals surface area contributed by atoms with Crippen LogP contribution in [0, 0.1) is 5.92 Å².